The molecule has 0 unspecified atom stereocenters. The molecule has 0 aliphatic carbocycles. The fraction of sp³-hybridized carbons (Fsp3) is 0. The van der Waals surface area contributed by atoms with Gasteiger partial charge in [-0.25, -0.2) is 4.98 Å². The number of rotatable bonds is 6. The van der Waals surface area contributed by atoms with Crippen molar-refractivity contribution in [2.24, 2.45) is 0 Å². The zero-order chi connectivity index (χ0) is 21.1. The molecule has 0 spiro atoms. The van der Waals surface area contributed by atoms with E-state index in [1.165, 1.54) is 24.3 Å². The molecule has 1 heterocycles. The normalized spacial score (nSPS) is 10.5. The molecule has 0 radical (unpaired) electrons. The number of nitro benzene ring substituents is 1. The Bertz CT molecular complexity index is 1270. The van der Waals surface area contributed by atoms with E-state index in [4.69, 9.17) is 4.74 Å². The molecule has 0 fully saturated rings. The highest BCUT2D eigenvalue weighted by Crippen LogP contribution is 2.37. The van der Waals surface area contributed by atoms with Crippen LogP contribution >= 0.6 is 0 Å². The summed E-state index contributed by atoms with van der Waals surface area (Å²) in [6.07, 6.45) is 1.12. The maximum absolute atomic E-state index is 11.8. The number of nitrogens with one attached hydrogen (secondary N) is 1. The summed E-state index contributed by atoms with van der Waals surface area (Å²) in [6.45, 7) is 0. The van der Waals surface area contributed by atoms with Gasteiger partial charge in [0.1, 0.15) is 12.1 Å². The molecule has 0 saturated carbocycles. The number of fused-ring (bicyclic) bond motifs is 1. The van der Waals surface area contributed by atoms with Gasteiger partial charge in [0.15, 0.2) is 0 Å². The lowest BCUT2D eigenvalue weighted by Crippen LogP contribution is -2.04. The molecule has 0 atom stereocenters. The number of benzene rings is 3. The second kappa shape index (κ2) is 7.80. The summed E-state index contributed by atoms with van der Waals surface area (Å²) < 4.78 is 5.78. The molecule has 0 bridgehead atoms. The molecule has 0 aliphatic rings. The van der Waals surface area contributed by atoms with E-state index in [2.05, 4.69) is 15.3 Å². The highest BCUT2D eigenvalue weighted by atomic mass is 16.6. The molecule has 0 amide bonds. The Kier molecular flexibility index (Phi) is 4.87. The van der Waals surface area contributed by atoms with Gasteiger partial charge in [-0.2, -0.15) is 4.98 Å². The lowest BCUT2D eigenvalue weighted by atomic mass is 10.1. The number of hydrogen-bond acceptors (Lipinski definition) is 8. The second-order valence-corrected chi connectivity index (χ2v) is 6.14. The van der Waals surface area contributed by atoms with Gasteiger partial charge in [-0.1, -0.05) is 42.5 Å². The number of anilines is 2. The standard InChI is InChI=1S/C20H13N5O5/c26-24(27)15-8-4-7-14(11-15)23-19-18(25(28)29)20(22-12-21-19)30-17-10-3-6-13-5-1-2-9-16(13)17/h1-12H,(H,21,22,23). The number of ether oxygens (including phenoxy) is 1. The van der Waals surface area contributed by atoms with Gasteiger partial charge in [-0.05, 0) is 17.5 Å². The van der Waals surface area contributed by atoms with Crippen LogP contribution in [0.4, 0.5) is 22.9 Å². The van der Waals surface area contributed by atoms with Crippen molar-refractivity contribution in [2.75, 3.05) is 5.32 Å². The van der Waals surface area contributed by atoms with Gasteiger partial charge >= 0.3 is 11.6 Å². The van der Waals surface area contributed by atoms with Crippen molar-refractivity contribution in [1.82, 2.24) is 9.97 Å². The van der Waals surface area contributed by atoms with Crippen LogP contribution in [0.15, 0.2) is 73.1 Å². The van der Waals surface area contributed by atoms with Gasteiger partial charge in [0, 0.05) is 23.2 Å². The molecule has 10 nitrogen and oxygen atoms in total. The van der Waals surface area contributed by atoms with Gasteiger partial charge in [0.2, 0.25) is 5.82 Å². The molecular formula is C20H13N5O5. The highest BCUT2D eigenvalue weighted by molar-refractivity contribution is 5.88. The summed E-state index contributed by atoms with van der Waals surface area (Å²) in [4.78, 5) is 29.3. The van der Waals surface area contributed by atoms with E-state index in [0.717, 1.165) is 17.1 Å². The van der Waals surface area contributed by atoms with Crippen LogP contribution < -0.4 is 10.1 Å². The molecule has 148 valence electrons. The van der Waals surface area contributed by atoms with Crippen molar-refractivity contribution in [1.29, 1.82) is 0 Å². The minimum absolute atomic E-state index is 0.147. The minimum atomic E-state index is -0.667. The summed E-state index contributed by atoms with van der Waals surface area (Å²) in [6, 6.07) is 18.3. The van der Waals surface area contributed by atoms with Crippen LogP contribution in [-0.2, 0) is 0 Å². The number of aromatic nitrogens is 2. The van der Waals surface area contributed by atoms with E-state index in [0.29, 0.717) is 5.75 Å². The summed E-state index contributed by atoms with van der Waals surface area (Å²) in [5.74, 6) is 0.00113. The molecule has 30 heavy (non-hydrogen) atoms. The van der Waals surface area contributed by atoms with Crippen LogP contribution in [0.5, 0.6) is 11.6 Å². The summed E-state index contributed by atoms with van der Waals surface area (Å²) in [5.41, 5.74) is -0.386. The molecule has 3 aromatic carbocycles. The van der Waals surface area contributed by atoms with Crippen LogP contribution in [0.1, 0.15) is 0 Å². The third kappa shape index (κ3) is 3.69. The van der Waals surface area contributed by atoms with Crippen molar-refractivity contribution in [3.05, 3.63) is 93.3 Å². The first-order valence-corrected chi connectivity index (χ1v) is 8.69. The lowest BCUT2D eigenvalue weighted by Gasteiger charge is -2.11. The first-order chi connectivity index (χ1) is 14.5. The Morgan fingerprint density at radius 2 is 1.63 bits per heavy atom. The monoisotopic (exact) mass is 403 g/mol. The van der Waals surface area contributed by atoms with E-state index in [9.17, 15) is 20.2 Å². The Balaban J connectivity index is 1.74. The average molecular weight is 403 g/mol. The molecule has 1 aromatic heterocycles. The molecule has 0 saturated heterocycles. The first-order valence-electron chi connectivity index (χ1n) is 8.69. The van der Waals surface area contributed by atoms with E-state index in [1.54, 1.807) is 12.1 Å². The van der Waals surface area contributed by atoms with E-state index >= 15 is 0 Å². The van der Waals surface area contributed by atoms with E-state index in [-0.39, 0.29) is 23.1 Å². The molecule has 10 heteroatoms. The van der Waals surface area contributed by atoms with Crippen LogP contribution in [-0.4, -0.2) is 19.8 Å². The Hall–Kier alpha value is -4.60. The molecule has 4 aromatic rings. The number of hydrogen-bond donors (Lipinski definition) is 1. The fourth-order valence-electron chi connectivity index (χ4n) is 2.92. The Morgan fingerprint density at radius 1 is 0.867 bits per heavy atom. The number of non-ortho nitro benzene ring substituents is 1. The fourth-order valence-corrected chi connectivity index (χ4v) is 2.92. The quantitative estimate of drug-likeness (QED) is 0.352. The van der Waals surface area contributed by atoms with Crippen molar-refractivity contribution in [3.63, 3.8) is 0 Å². The SMILES string of the molecule is O=[N+]([O-])c1cccc(Nc2ncnc(Oc3cccc4ccccc34)c2[N+](=O)[O-])c1. The van der Waals surface area contributed by atoms with Gasteiger partial charge < -0.3 is 10.1 Å². The third-order valence-electron chi connectivity index (χ3n) is 4.25. The number of nitrogens with zero attached hydrogens (tertiary/aromatic N) is 4. The van der Waals surface area contributed by atoms with Crippen LogP contribution in [0.25, 0.3) is 10.8 Å². The Morgan fingerprint density at radius 3 is 2.43 bits per heavy atom. The predicted octanol–water partition coefficient (Wildman–Crippen LogP) is 4.98. The largest absolute Gasteiger partial charge is 0.433 e. The summed E-state index contributed by atoms with van der Waals surface area (Å²) in [5, 5.41) is 27.1. The topological polar surface area (TPSA) is 133 Å². The molecule has 1 N–H and O–H groups in total. The first kappa shape index (κ1) is 18.7. The van der Waals surface area contributed by atoms with Crippen LogP contribution in [0.2, 0.25) is 0 Å². The molecule has 4 rings (SSSR count). The van der Waals surface area contributed by atoms with E-state index < -0.39 is 15.5 Å². The zero-order valence-corrected chi connectivity index (χ0v) is 15.3. The lowest BCUT2D eigenvalue weighted by molar-refractivity contribution is -0.385. The summed E-state index contributed by atoms with van der Waals surface area (Å²) in [7, 11) is 0. The highest BCUT2D eigenvalue weighted by Gasteiger charge is 2.26. The molecular weight excluding hydrogens is 390 g/mol. The summed E-state index contributed by atoms with van der Waals surface area (Å²) >= 11 is 0. The number of nitro groups is 2. The second-order valence-electron chi connectivity index (χ2n) is 6.14. The minimum Gasteiger partial charge on any atom is -0.433 e. The van der Waals surface area contributed by atoms with E-state index in [1.807, 2.05) is 30.3 Å². The Labute approximate surface area is 169 Å². The van der Waals surface area contributed by atoms with Gasteiger partial charge in [-0.15, -0.1) is 0 Å². The van der Waals surface area contributed by atoms with Crippen molar-refractivity contribution < 1.29 is 14.6 Å². The maximum Gasteiger partial charge on any atom is 0.373 e. The average Bonchev–Trinajstić information content (AvgIpc) is 2.74. The van der Waals surface area contributed by atoms with Gasteiger partial charge in [0.25, 0.3) is 5.69 Å². The van der Waals surface area contributed by atoms with Crippen LogP contribution in [0, 0.1) is 20.2 Å². The molecule has 0 aliphatic heterocycles. The van der Waals surface area contributed by atoms with Crippen molar-refractivity contribution in [2.45, 2.75) is 0 Å². The van der Waals surface area contributed by atoms with Crippen molar-refractivity contribution >= 4 is 33.7 Å². The van der Waals surface area contributed by atoms with Gasteiger partial charge in [-0.3, -0.25) is 20.2 Å². The zero-order valence-electron chi connectivity index (χ0n) is 15.3. The third-order valence-corrected chi connectivity index (χ3v) is 4.25. The smallest absolute Gasteiger partial charge is 0.373 e. The maximum atomic E-state index is 11.8. The predicted molar refractivity (Wildman–Crippen MR) is 109 cm³/mol. The van der Waals surface area contributed by atoms with Crippen LogP contribution in [0.3, 0.4) is 0 Å². The van der Waals surface area contributed by atoms with Gasteiger partial charge in [0.05, 0.1) is 9.85 Å². The van der Waals surface area contributed by atoms with Crippen molar-refractivity contribution in [3.8, 4) is 11.6 Å².